The summed E-state index contributed by atoms with van der Waals surface area (Å²) >= 11 is 13.6. The van der Waals surface area contributed by atoms with E-state index in [1.807, 2.05) is 29.2 Å². The molecule has 1 heterocycles. The van der Waals surface area contributed by atoms with Crippen LogP contribution in [0, 0.1) is 0 Å². The zero-order valence-electron chi connectivity index (χ0n) is 16.4. The zero-order valence-corrected chi connectivity index (χ0v) is 18.7. The number of nitrogens with one attached hydrogen (secondary N) is 1. The number of hydrogen-bond donors (Lipinski definition) is 2. The molecule has 0 saturated carbocycles. The van der Waals surface area contributed by atoms with Gasteiger partial charge >= 0.3 is 0 Å². The van der Waals surface area contributed by atoms with Crippen molar-refractivity contribution in [3.05, 3.63) is 58.1 Å². The summed E-state index contributed by atoms with van der Waals surface area (Å²) in [5.41, 5.74) is 7.60. The number of halogens is 2. The van der Waals surface area contributed by atoms with Crippen molar-refractivity contribution in [1.29, 1.82) is 0 Å². The molecule has 158 valence electrons. The molecule has 0 unspecified atom stereocenters. The average molecular weight is 464 g/mol. The lowest BCUT2D eigenvalue weighted by Gasteiger charge is -2.14. The lowest BCUT2D eigenvalue weighted by molar-refractivity contribution is -0.127. The molecule has 30 heavy (non-hydrogen) atoms. The maximum absolute atomic E-state index is 12.0. The minimum atomic E-state index is -0.173. The van der Waals surface area contributed by atoms with Crippen LogP contribution >= 0.6 is 35.0 Å². The van der Waals surface area contributed by atoms with Gasteiger partial charge in [0.1, 0.15) is 0 Å². The van der Waals surface area contributed by atoms with Gasteiger partial charge in [-0.05, 0) is 54.8 Å². The molecule has 3 rings (SSSR count). The summed E-state index contributed by atoms with van der Waals surface area (Å²) < 4.78 is 0. The fraction of sp³-hybridized carbons (Fsp3) is 0.273. The lowest BCUT2D eigenvalue weighted by Crippen LogP contribution is -2.29. The number of nitrogens with zero attached hydrogens (tertiary/aromatic N) is 1. The summed E-state index contributed by atoms with van der Waals surface area (Å²) in [6.07, 6.45) is 5.53. The number of nitrogens with two attached hydrogens (primary N) is 1. The van der Waals surface area contributed by atoms with E-state index in [-0.39, 0.29) is 11.8 Å². The molecule has 0 bridgehead atoms. The molecule has 3 N–H and O–H groups in total. The molecule has 5 nitrogen and oxygen atoms in total. The van der Waals surface area contributed by atoms with Crippen LogP contribution in [0.4, 0.5) is 5.69 Å². The Morgan fingerprint density at radius 3 is 2.70 bits per heavy atom. The zero-order chi connectivity index (χ0) is 21.5. The predicted molar refractivity (Wildman–Crippen MR) is 124 cm³/mol. The van der Waals surface area contributed by atoms with E-state index in [0.29, 0.717) is 35.2 Å². The monoisotopic (exact) mass is 463 g/mol. The Bertz CT molecular complexity index is 965. The first-order valence-electron chi connectivity index (χ1n) is 9.68. The second-order valence-electron chi connectivity index (χ2n) is 6.94. The number of carbonyl (C=O) groups is 2. The number of likely N-dealkylation sites (tertiary alicyclic amines) is 1. The van der Waals surface area contributed by atoms with Crippen LogP contribution in [-0.2, 0) is 9.59 Å². The number of nitrogen functional groups attached to an aromatic ring is 1. The molecule has 2 aromatic carbocycles. The van der Waals surface area contributed by atoms with Crippen molar-refractivity contribution in [2.24, 2.45) is 0 Å². The first kappa shape index (κ1) is 22.5. The quantitative estimate of drug-likeness (QED) is 0.332. The molecule has 0 radical (unpaired) electrons. The highest BCUT2D eigenvalue weighted by molar-refractivity contribution is 7.99. The molecule has 0 spiro atoms. The summed E-state index contributed by atoms with van der Waals surface area (Å²) in [5.74, 6) is 0.0338. The van der Waals surface area contributed by atoms with Gasteiger partial charge in [-0.2, -0.15) is 0 Å². The van der Waals surface area contributed by atoms with Crippen molar-refractivity contribution in [3.8, 4) is 0 Å². The Labute approximate surface area is 190 Å². The molecule has 0 aliphatic carbocycles. The molecule has 1 fully saturated rings. The second-order valence-corrected chi connectivity index (χ2v) is 8.86. The maximum atomic E-state index is 12.0. The number of amides is 2. The number of benzene rings is 2. The minimum Gasteiger partial charge on any atom is -0.398 e. The first-order chi connectivity index (χ1) is 14.4. The smallest absolute Gasteiger partial charge is 0.244 e. The van der Waals surface area contributed by atoms with Gasteiger partial charge in [0.15, 0.2) is 0 Å². The normalized spacial score (nSPS) is 13.9. The molecule has 1 saturated heterocycles. The van der Waals surface area contributed by atoms with Crippen molar-refractivity contribution < 1.29 is 9.59 Å². The number of carbonyl (C=O) groups excluding carboxylic acids is 2. The summed E-state index contributed by atoms with van der Waals surface area (Å²) in [6.45, 7) is 2.05. The minimum absolute atomic E-state index is 0.173. The highest BCUT2D eigenvalue weighted by Crippen LogP contribution is 2.37. The van der Waals surface area contributed by atoms with Crippen LogP contribution in [0.2, 0.25) is 10.0 Å². The van der Waals surface area contributed by atoms with Crippen molar-refractivity contribution in [1.82, 2.24) is 10.2 Å². The van der Waals surface area contributed by atoms with Crippen molar-refractivity contribution in [2.45, 2.75) is 29.1 Å². The van der Waals surface area contributed by atoms with Crippen LogP contribution < -0.4 is 11.1 Å². The number of hydrogen-bond acceptors (Lipinski definition) is 4. The molecule has 0 aromatic heterocycles. The van der Waals surface area contributed by atoms with Crippen LogP contribution in [0.5, 0.6) is 0 Å². The Hall–Kier alpha value is -2.15. The molecule has 2 aromatic rings. The molecule has 0 atom stereocenters. The van der Waals surface area contributed by atoms with Gasteiger partial charge < -0.3 is 16.0 Å². The van der Waals surface area contributed by atoms with Crippen molar-refractivity contribution in [3.63, 3.8) is 0 Å². The van der Waals surface area contributed by atoms with Crippen LogP contribution in [-0.4, -0.2) is 36.3 Å². The average Bonchev–Trinajstić information content (AvgIpc) is 3.12. The van der Waals surface area contributed by atoms with Crippen molar-refractivity contribution >= 4 is 58.5 Å². The summed E-state index contributed by atoms with van der Waals surface area (Å²) in [6, 6.07) is 10.9. The Morgan fingerprint density at radius 2 is 2.00 bits per heavy atom. The Balaban J connectivity index is 1.48. The van der Waals surface area contributed by atoms with E-state index in [0.717, 1.165) is 34.7 Å². The van der Waals surface area contributed by atoms with Crippen LogP contribution in [0.1, 0.15) is 24.8 Å². The summed E-state index contributed by atoms with van der Waals surface area (Å²) in [7, 11) is 0. The topological polar surface area (TPSA) is 75.4 Å². The highest BCUT2D eigenvalue weighted by atomic mass is 35.5. The van der Waals surface area contributed by atoms with E-state index in [9.17, 15) is 9.59 Å². The van der Waals surface area contributed by atoms with E-state index in [2.05, 4.69) is 5.32 Å². The van der Waals surface area contributed by atoms with Gasteiger partial charge in [0.25, 0.3) is 0 Å². The number of anilines is 1. The summed E-state index contributed by atoms with van der Waals surface area (Å²) in [4.78, 5) is 27.1. The lowest BCUT2D eigenvalue weighted by atomic mass is 10.2. The van der Waals surface area contributed by atoms with Gasteiger partial charge in [-0.1, -0.05) is 41.0 Å². The second kappa shape index (κ2) is 10.8. The van der Waals surface area contributed by atoms with Gasteiger partial charge in [-0.25, -0.2) is 0 Å². The van der Waals surface area contributed by atoms with E-state index in [1.54, 1.807) is 18.2 Å². The van der Waals surface area contributed by atoms with Gasteiger partial charge in [0, 0.05) is 52.6 Å². The maximum Gasteiger partial charge on any atom is 0.244 e. The summed E-state index contributed by atoms with van der Waals surface area (Å²) in [5, 5.41) is 3.99. The van der Waals surface area contributed by atoms with Gasteiger partial charge in [-0.15, -0.1) is 0 Å². The fourth-order valence-electron chi connectivity index (χ4n) is 3.09. The van der Waals surface area contributed by atoms with E-state index in [4.69, 9.17) is 28.9 Å². The molecule has 8 heteroatoms. The molecule has 1 aliphatic heterocycles. The van der Waals surface area contributed by atoms with Crippen LogP contribution in [0.15, 0.2) is 52.3 Å². The third-order valence-corrected chi connectivity index (χ3v) is 6.48. The predicted octanol–water partition coefficient (Wildman–Crippen LogP) is 4.87. The largest absolute Gasteiger partial charge is 0.398 e. The van der Waals surface area contributed by atoms with E-state index >= 15 is 0 Å². The van der Waals surface area contributed by atoms with Crippen LogP contribution in [0.25, 0.3) is 6.08 Å². The van der Waals surface area contributed by atoms with Gasteiger partial charge in [0.05, 0.1) is 5.02 Å². The Morgan fingerprint density at radius 1 is 1.20 bits per heavy atom. The Kier molecular flexibility index (Phi) is 8.08. The fourth-order valence-corrected chi connectivity index (χ4v) is 4.46. The molecule has 1 aliphatic rings. The first-order valence-corrected chi connectivity index (χ1v) is 11.3. The van der Waals surface area contributed by atoms with Crippen molar-refractivity contribution in [2.75, 3.05) is 25.4 Å². The number of rotatable bonds is 8. The van der Waals surface area contributed by atoms with Crippen LogP contribution in [0.3, 0.4) is 0 Å². The third kappa shape index (κ3) is 6.42. The standard InChI is InChI=1S/C22H23Cl2N3O2S/c23-16-6-8-19(17(24)14-16)30-20-7-4-15(13-18(20)25)5-9-21(28)26-10-2-12-27-11-1-3-22(27)29/h4-9,13-14H,1-3,10-12,25H2,(H,26,28). The SMILES string of the molecule is Nc1cc(C=CC(=O)NCCCN2CCCC2=O)ccc1Sc1ccc(Cl)cc1Cl. The molecule has 2 amide bonds. The van der Waals surface area contributed by atoms with Gasteiger partial charge in [0.2, 0.25) is 11.8 Å². The van der Waals surface area contributed by atoms with E-state index < -0.39 is 0 Å². The molecular weight excluding hydrogens is 441 g/mol. The molecular formula is C22H23Cl2N3O2S. The van der Waals surface area contributed by atoms with Gasteiger partial charge in [-0.3, -0.25) is 9.59 Å². The third-order valence-electron chi connectivity index (χ3n) is 4.65. The van der Waals surface area contributed by atoms with E-state index in [1.165, 1.54) is 17.8 Å². The highest BCUT2D eigenvalue weighted by Gasteiger charge is 2.18.